The Labute approximate surface area is 205 Å². The first kappa shape index (κ1) is 22.7. The number of H-pyrrole nitrogens is 1. The third-order valence-electron chi connectivity index (χ3n) is 5.79. The van der Waals surface area contributed by atoms with Gasteiger partial charge in [-0.15, -0.1) is 11.3 Å². The number of para-hydroxylation sites is 1. The lowest BCUT2D eigenvalue weighted by atomic mass is 10.1. The Bertz CT molecular complexity index is 1410. The number of carbonyl (C=O) groups excluding carboxylic acids is 2. The van der Waals surface area contributed by atoms with Crippen molar-refractivity contribution in [1.82, 2.24) is 19.7 Å². The molecular weight excluding hydrogens is 464 g/mol. The number of nitrogens with zero attached hydrogens (tertiary/aromatic N) is 4. The molecule has 1 atom stereocenters. The number of carbonyl (C=O) groups is 2. The second-order valence-corrected chi connectivity index (χ2v) is 9.29. The SMILES string of the molecule is CCCc1cc(=O)[nH]c(-n2nc(-c3cccs3)cc2NC(=O)C2CC(=O)N(c3ccccc3)C2)n1. The summed E-state index contributed by atoms with van der Waals surface area (Å²) in [7, 11) is 0. The Kier molecular flexibility index (Phi) is 6.28. The van der Waals surface area contributed by atoms with Gasteiger partial charge in [-0.25, -0.2) is 4.98 Å². The van der Waals surface area contributed by atoms with Crippen LogP contribution in [0, 0.1) is 5.92 Å². The number of amides is 2. The average Bonchev–Trinajstić information content (AvgIpc) is 3.59. The van der Waals surface area contributed by atoms with Crippen molar-refractivity contribution >= 4 is 34.7 Å². The summed E-state index contributed by atoms with van der Waals surface area (Å²) >= 11 is 1.52. The van der Waals surface area contributed by atoms with Crippen molar-refractivity contribution in [3.63, 3.8) is 0 Å². The molecule has 0 bridgehead atoms. The molecule has 2 amide bonds. The Morgan fingerprint density at radius 1 is 1.17 bits per heavy atom. The zero-order valence-electron chi connectivity index (χ0n) is 19.1. The molecule has 1 fully saturated rings. The molecule has 4 aromatic rings. The largest absolute Gasteiger partial charge is 0.312 e. The molecule has 1 unspecified atom stereocenters. The maximum atomic E-state index is 13.2. The Morgan fingerprint density at radius 3 is 2.74 bits per heavy atom. The van der Waals surface area contributed by atoms with Crippen LogP contribution in [0.3, 0.4) is 0 Å². The summed E-state index contributed by atoms with van der Waals surface area (Å²) in [5.74, 6) is -0.298. The summed E-state index contributed by atoms with van der Waals surface area (Å²) in [6.07, 6.45) is 1.61. The maximum Gasteiger partial charge on any atom is 0.252 e. The number of hydrogen-bond donors (Lipinski definition) is 2. The number of hydrogen-bond acceptors (Lipinski definition) is 6. The lowest BCUT2D eigenvalue weighted by Crippen LogP contribution is -2.28. The van der Waals surface area contributed by atoms with Crippen LogP contribution < -0.4 is 15.8 Å². The van der Waals surface area contributed by atoms with Gasteiger partial charge in [0.05, 0.1) is 10.8 Å². The maximum absolute atomic E-state index is 13.2. The van der Waals surface area contributed by atoms with Crippen molar-refractivity contribution in [2.75, 3.05) is 16.8 Å². The number of benzene rings is 1. The molecule has 4 heterocycles. The third kappa shape index (κ3) is 4.78. The highest BCUT2D eigenvalue weighted by Gasteiger charge is 2.35. The van der Waals surface area contributed by atoms with Crippen LogP contribution in [0.15, 0.2) is 64.8 Å². The third-order valence-corrected chi connectivity index (χ3v) is 6.68. The molecule has 0 saturated carbocycles. The van der Waals surface area contributed by atoms with Gasteiger partial charge in [-0.1, -0.05) is 37.6 Å². The highest BCUT2D eigenvalue weighted by molar-refractivity contribution is 7.13. The lowest BCUT2D eigenvalue weighted by Gasteiger charge is -2.16. The molecule has 1 aliphatic heterocycles. The molecule has 9 nitrogen and oxygen atoms in total. The van der Waals surface area contributed by atoms with E-state index < -0.39 is 5.92 Å². The molecule has 35 heavy (non-hydrogen) atoms. The highest BCUT2D eigenvalue weighted by Crippen LogP contribution is 2.29. The van der Waals surface area contributed by atoms with Gasteiger partial charge in [0.15, 0.2) is 0 Å². The zero-order valence-corrected chi connectivity index (χ0v) is 19.9. The van der Waals surface area contributed by atoms with Crippen molar-refractivity contribution < 1.29 is 9.59 Å². The minimum absolute atomic E-state index is 0.0950. The van der Waals surface area contributed by atoms with Gasteiger partial charge in [0.25, 0.3) is 5.56 Å². The second-order valence-electron chi connectivity index (χ2n) is 8.34. The first-order valence-corrected chi connectivity index (χ1v) is 12.3. The van der Waals surface area contributed by atoms with Gasteiger partial charge in [-0.05, 0) is 30.0 Å². The molecule has 2 N–H and O–H groups in total. The highest BCUT2D eigenvalue weighted by atomic mass is 32.1. The van der Waals surface area contributed by atoms with Gasteiger partial charge in [-0.2, -0.15) is 9.78 Å². The van der Waals surface area contributed by atoms with Gasteiger partial charge in [0.1, 0.15) is 11.5 Å². The molecule has 5 rings (SSSR count). The monoisotopic (exact) mass is 488 g/mol. The Balaban J connectivity index is 1.45. The minimum atomic E-state index is -0.519. The smallest absolute Gasteiger partial charge is 0.252 e. The Morgan fingerprint density at radius 2 is 2.00 bits per heavy atom. The van der Waals surface area contributed by atoms with Crippen molar-refractivity contribution in [3.05, 3.63) is 76.0 Å². The summed E-state index contributed by atoms with van der Waals surface area (Å²) in [6, 6.07) is 16.4. The molecule has 1 aromatic carbocycles. The molecule has 0 spiro atoms. The predicted octanol–water partition coefficient (Wildman–Crippen LogP) is 3.63. The quantitative estimate of drug-likeness (QED) is 0.413. The Hall–Kier alpha value is -4.05. The standard InChI is InChI=1S/C25H24N6O3S/c1-2-7-17-13-22(32)28-25(26-17)31-21(14-19(29-31)20-10-6-11-35-20)27-24(34)16-12-23(33)30(15-16)18-8-4-3-5-9-18/h3-6,8-11,13-14,16H,2,7,12,15H2,1H3,(H,27,34)(H,26,28,32). The molecule has 1 saturated heterocycles. The van der Waals surface area contributed by atoms with Crippen molar-refractivity contribution in [3.8, 4) is 16.5 Å². The molecule has 3 aromatic heterocycles. The van der Waals surface area contributed by atoms with E-state index in [1.807, 2.05) is 54.8 Å². The van der Waals surface area contributed by atoms with Gasteiger partial charge >= 0.3 is 0 Å². The number of aryl methyl sites for hydroxylation is 1. The van der Waals surface area contributed by atoms with Crippen LogP contribution in [-0.2, 0) is 16.0 Å². The lowest BCUT2D eigenvalue weighted by molar-refractivity contribution is -0.122. The molecule has 1 aliphatic rings. The van der Waals surface area contributed by atoms with E-state index in [9.17, 15) is 14.4 Å². The van der Waals surface area contributed by atoms with E-state index in [0.29, 0.717) is 30.2 Å². The van der Waals surface area contributed by atoms with Crippen LogP contribution in [0.2, 0.25) is 0 Å². The number of rotatable bonds is 7. The van der Waals surface area contributed by atoms with Crippen LogP contribution in [-0.4, -0.2) is 38.1 Å². The van der Waals surface area contributed by atoms with Gasteiger partial charge in [-0.3, -0.25) is 19.4 Å². The zero-order chi connectivity index (χ0) is 24.4. The summed E-state index contributed by atoms with van der Waals surface area (Å²) in [4.78, 5) is 47.9. The van der Waals surface area contributed by atoms with Crippen molar-refractivity contribution in [2.24, 2.45) is 5.92 Å². The first-order valence-electron chi connectivity index (χ1n) is 11.4. The van der Waals surface area contributed by atoms with E-state index in [-0.39, 0.29) is 29.7 Å². The van der Waals surface area contributed by atoms with Crippen molar-refractivity contribution in [2.45, 2.75) is 26.2 Å². The number of aromatic amines is 1. The summed E-state index contributed by atoms with van der Waals surface area (Å²) in [5, 5.41) is 9.49. The molecule has 178 valence electrons. The van der Waals surface area contributed by atoms with E-state index in [2.05, 4.69) is 20.4 Å². The van der Waals surface area contributed by atoms with Crippen LogP contribution in [0.4, 0.5) is 11.5 Å². The predicted molar refractivity (Wildman–Crippen MR) is 135 cm³/mol. The average molecular weight is 489 g/mol. The van der Waals surface area contributed by atoms with Crippen LogP contribution in [0.5, 0.6) is 0 Å². The normalized spacial score (nSPS) is 15.5. The van der Waals surface area contributed by atoms with E-state index in [1.54, 1.807) is 11.0 Å². The first-order chi connectivity index (χ1) is 17.0. The van der Waals surface area contributed by atoms with E-state index in [0.717, 1.165) is 17.0 Å². The van der Waals surface area contributed by atoms with E-state index >= 15 is 0 Å². The summed E-state index contributed by atoms with van der Waals surface area (Å²) in [5.41, 5.74) is 1.78. The fourth-order valence-corrected chi connectivity index (χ4v) is 4.81. The number of nitrogens with one attached hydrogen (secondary N) is 2. The summed E-state index contributed by atoms with van der Waals surface area (Å²) in [6.45, 7) is 2.31. The topological polar surface area (TPSA) is 113 Å². The van der Waals surface area contributed by atoms with Gasteiger partial charge in [0, 0.05) is 36.5 Å². The molecule has 10 heteroatoms. The van der Waals surface area contributed by atoms with E-state index in [4.69, 9.17) is 0 Å². The second kappa shape index (κ2) is 9.67. The minimum Gasteiger partial charge on any atom is -0.312 e. The van der Waals surface area contributed by atoms with Crippen LogP contribution in [0.25, 0.3) is 16.5 Å². The van der Waals surface area contributed by atoms with Crippen molar-refractivity contribution in [1.29, 1.82) is 0 Å². The fourth-order valence-electron chi connectivity index (χ4n) is 4.12. The number of anilines is 2. The molecular formula is C25H24N6O3S. The number of aromatic nitrogens is 4. The van der Waals surface area contributed by atoms with Gasteiger partial charge in [0.2, 0.25) is 17.8 Å². The van der Waals surface area contributed by atoms with Gasteiger partial charge < -0.3 is 10.2 Å². The van der Waals surface area contributed by atoms with E-state index in [1.165, 1.54) is 22.1 Å². The van der Waals surface area contributed by atoms with Crippen LogP contribution >= 0.6 is 11.3 Å². The summed E-state index contributed by atoms with van der Waals surface area (Å²) < 4.78 is 1.44. The fraction of sp³-hybridized carbons (Fsp3) is 0.240. The molecule has 0 aliphatic carbocycles. The number of thiophene rings is 1. The molecule has 0 radical (unpaired) electrons. The van der Waals surface area contributed by atoms with Crippen LogP contribution in [0.1, 0.15) is 25.5 Å².